The van der Waals surface area contributed by atoms with Crippen LogP contribution in [-0.2, 0) is 10.4 Å². The van der Waals surface area contributed by atoms with Crippen LogP contribution in [0, 0.1) is 0 Å². The molecule has 7 heteroatoms. The van der Waals surface area contributed by atoms with Gasteiger partial charge in [0.25, 0.3) is 0 Å². The molecule has 0 fully saturated rings. The summed E-state index contributed by atoms with van der Waals surface area (Å²) < 4.78 is 31.6. The molecule has 4 nitrogen and oxygen atoms in total. The summed E-state index contributed by atoms with van der Waals surface area (Å²) in [4.78, 5) is 0. The van der Waals surface area contributed by atoms with E-state index < -0.39 is 10.4 Å². The maximum absolute atomic E-state index is 8.74. The smallest absolute Gasteiger partial charge is 0.264 e. The van der Waals surface area contributed by atoms with Gasteiger partial charge in [0.1, 0.15) is 0 Å². The molecular weight excluding hydrogens is 152 g/mol. The second-order valence-corrected chi connectivity index (χ2v) is 1.34. The van der Waals surface area contributed by atoms with Gasteiger partial charge in [0.2, 0.25) is 0 Å². The highest BCUT2D eigenvalue weighted by Crippen LogP contribution is 1.59. The predicted molar refractivity (Wildman–Crippen MR) is 33.1 cm³/mol. The number of rotatable bonds is 0. The van der Waals surface area contributed by atoms with Gasteiger partial charge in [-0.1, -0.05) is 0 Å². The van der Waals surface area contributed by atoms with Crippen LogP contribution in [0.5, 0.6) is 0 Å². The summed E-state index contributed by atoms with van der Waals surface area (Å²) in [6.45, 7) is 0. The molecule has 0 aromatic rings. The summed E-state index contributed by atoms with van der Waals surface area (Å²) in [5.74, 6) is 0. The summed E-state index contributed by atoms with van der Waals surface area (Å²) in [6, 6.07) is 0. The minimum Gasteiger partial charge on any atom is -0.264 e. The lowest BCUT2D eigenvalue weighted by molar-refractivity contribution is 0.381. The van der Waals surface area contributed by atoms with Crippen LogP contribution >= 0.6 is 13.5 Å². The van der Waals surface area contributed by atoms with Gasteiger partial charge < -0.3 is 0 Å². The molecule has 0 rings (SSSR count). The summed E-state index contributed by atoms with van der Waals surface area (Å²) in [6.07, 6.45) is 0. The predicted octanol–water partition coefficient (Wildman–Crippen LogP) is -1.46. The van der Waals surface area contributed by atoms with E-state index in [-0.39, 0.29) is 36.5 Å². The van der Waals surface area contributed by atoms with Crippen molar-refractivity contribution in [2.75, 3.05) is 0 Å². The molecule has 0 aromatic heterocycles. The summed E-state index contributed by atoms with van der Waals surface area (Å²) in [7, 11) is -4.67. The minimum absolute atomic E-state index is 0. The van der Waals surface area contributed by atoms with Crippen LogP contribution in [0.4, 0.5) is 0 Å². The third-order valence-corrected chi connectivity index (χ3v) is 0. The molecular formula is H6MgO4S2. The van der Waals surface area contributed by atoms with Gasteiger partial charge in [-0.25, -0.2) is 0 Å². The highest BCUT2D eigenvalue weighted by molar-refractivity contribution is 7.79. The fourth-order valence-electron chi connectivity index (χ4n) is 0. The second-order valence-electron chi connectivity index (χ2n) is 0.448. The number of hydrogen-bond donors (Lipinski definition) is 2. The summed E-state index contributed by atoms with van der Waals surface area (Å²) in [5.41, 5.74) is 0. The van der Waals surface area contributed by atoms with Crippen LogP contribution in [0.2, 0.25) is 0 Å². The zero-order valence-corrected chi connectivity index (χ0v) is 4.44. The van der Waals surface area contributed by atoms with Crippen LogP contribution in [0.1, 0.15) is 0 Å². The zero-order chi connectivity index (χ0) is 4.50. The van der Waals surface area contributed by atoms with Crippen molar-refractivity contribution in [3.63, 3.8) is 0 Å². The fraction of sp³-hybridized carbons (Fsp3) is 0. The summed E-state index contributed by atoms with van der Waals surface area (Å²) >= 11 is 0. The van der Waals surface area contributed by atoms with Crippen molar-refractivity contribution >= 4 is 46.9 Å². The molecule has 0 saturated carbocycles. The third kappa shape index (κ3) is 179. The molecule has 2 N–H and O–H groups in total. The summed E-state index contributed by atoms with van der Waals surface area (Å²) in [5, 5.41) is 0. The van der Waals surface area contributed by atoms with Gasteiger partial charge in [-0.3, -0.25) is 9.11 Å². The van der Waals surface area contributed by atoms with E-state index in [0.29, 0.717) is 0 Å². The van der Waals surface area contributed by atoms with E-state index in [9.17, 15) is 0 Å². The monoisotopic (exact) mass is 158 g/mol. The highest BCUT2D eigenvalue weighted by Gasteiger charge is 1.84. The van der Waals surface area contributed by atoms with Gasteiger partial charge >= 0.3 is 33.5 Å². The van der Waals surface area contributed by atoms with Crippen molar-refractivity contribution in [2.45, 2.75) is 0 Å². The fourth-order valence-corrected chi connectivity index (χ4v) is 0. The Morgan fingerprint density at radius 1 is 1.14 bits per heavy atom. The first kappa shape index (κ1) is 15.7. The van der Waals surface area contributed by atoms with E-state index >= 15 is 0 Å². The van der Waals surface area contributed by atoms with E-state index in [2.05, 4.69) is 0 Å². The standard InChI is InChI=1S/Mg.H2O4S.H2S.2H/c;1-5(2,3)4;;;/h;(H2,1,2,3,4);1H2;;. The van der Waals surface area contributed by atoms with Crippen molar-refractivity contribution < 1.29 is 17.5 Å². The Morgan fingerprint density at radius 3 is 1.14 bits per heavy atom. The molecule has 0 amide bonds. The van der Waals surface area contributed by atoms with Gasteiger partial charge in [0.05, 0.1) is 0 Å². The lowest BCUT2D eigenvalue weighted by atomic mass is 15.8. The molecule has 0 aliphatic heterocycles. The van der Waals surface area contributed by atoms with Crippen molar-refractivity contribution in [2.24, 2.45) is 0 Å². The SMILES string of the molecule is O=S(=O)(O)O.S.[MgH2]. The van der Waals surface area contributed by atoms with Crippen LogP contribution in [-0.4, -0.2) is 40.6 Å². The first-order valence-corrected chi connectivity index (χ1v) is 2.10. The Hall–Kier alpha value is 0.986. The molecule has 0 aromatic carbocycles. The van der Waals surface area contributed by atoms with E-state index in [1.54, 1.807) is 0 Å². The average molecular weight is 158 g/mol. The lowest BCUT2D eigenvalue weighted by Crippen LogP contribution is -1.89. The average Bonchev–Trinajstić information content (AvgIpc) is 0.722. The van der Waals surface area contributed by atoms with Gasteiger partial charge in [-0.05, 0) is 0 Å². The zero-order valence-electron chi connectivity index (χ0n) is 2.62. The molecule has 0 unspecified atom stereocenters. The van der Waals surface area contributed by atoms with Gasteiger partial charge in [-0.2, -0.15) is 21.9 Å². The first-order valence-electron chi connectivity index (χ1n) is 0.698. The Kier molecular flexibility index (Phi) is 11.5. The Morgan fingerprint density at radius 2 is 1.14 bits per heavy atom. The van der Waals surface area contributed by atoms with Crippen molar-refractivity contribution in [3.05, 3.63) is 0 Å². The number of hydrogen-bond acceptors (Lipinski definition) is 2. The maximum Gasteiger partial charge on any atom is 0.394 e. The van der Waals surface area contributed by atoms with Crippen molar-refractivity contribution in [1.82, 2.24) is 0 Å². The van der Waals surface area contributed by atoms with Crippen LogP contribution < -0.4 is 0 Å². The Labute approximate surface area is 64.5 Å². The molecule has 7 heavy (non-hydrogen) atoms. The molecule has 0 heterocycles. The van der Waals surface area contributed by atoms with Crippen molar-refractivity contribution in [1.29, 1.82) is 0 Å². The van der Waals surface area contributed by atoms with E-state index in [0.717, 1.165) is 0 Å². The highest BCUT2D eigenvalue weighted by atomic mass is 32.3. The topological polar surface area (TPSA) is 74.6 Å². The van der Waals surface area contributed by atoms with E-state index in [4.69, 9.17) is 17.5 Å². The molecule has 0 bridgehead atoms. The molecule has 0 aliphatic rings. The van der Waals surface area contributed by atoms with Crippen LogP contribution in [0.25, 0.3) is 0 Å². The Balaban J connectivity index is -0.0000000800. The normalized spacial score (nSPS) is 8.29. The second kappa shape index (κ2) is 5.13. The van der Waals surface area contributed by atoms with Gasteiger partial charge in [0, 0.05) is 0 Å². The van der Waals surface area contributed by atoms with Crippen LogP contribution in [0.15, 0.2) is 0 Å². The van der Waals surface area contributed by atoms with Gasteiger partial charge in [0.15, 0.2) is 0 Å². The molecule has 0 spiro atoms. The molecule has 0 radical (unpaired) electrons. The lowest BCUT2D eigenvalue weighted by Gasteiger charge is -1.68. The maximum atomic E-state index is 8.74. The molecule has 0 aliphatic carbocycles. The van der Waals surface area contributed by atoms with Crippen molar-refractivity contribution in [3.8, 4) is 0 Å². The van der Waals surface area contributed by atoms with E-state index in [1.165, 1.54) is 0 Å². The third-order valence-electron chi connectivity index (χ3n) is 0. The quantitative estimate of drug-likeness (QED) is 0.334. The largest absolute Gasteiger partial charge is 0.394 e. The van der Waals surface area contributed by atoms with Gasteiger partial charge in [-0.15, -0.1) is 0 Å². The minimum atomic E-state index is -4.67. The molecule has 0 atom stereocenters. The Bertz CT molecular complexity index is 92.9. The molecule has 0 saturated heterocycles. The van der Waals surface area contributed by atoms with E-state index in [1.807, 2.05) is 0 Å². The van der Waals surface area contributed by atoms with Crippen LogP contribution in [0.3, 0.4) is 0 Å². The first-order chi connectivity index (χ1) is 2.00. The molecule has 44 valence electrons.